The minimum atomic E-state index is 0.272. The number of anilines is 1. The van der Waals surface area contributed by atoms with Crippen LogP contribution in [0.1, 0.15) is 5.56 Å². The van der Waals surface area contributed by atoms with Crippen LogP contribution in [0.25, 0.3) is 33.2 Å². The van der Waals surface area contributed by atoms with E-state index in [1.54, 1.807) is 14.2 Å². The molecule has 0 saturated heterocycles. The summed E-state index contributed by atoms with van der Waals surface area (Å²) in [6, 6.07) is 16.4. The van der Waals surface area contributed by atoms with E-state index in [0.29, 0.717) is 5.75 Å². The number of methoxy groups -OCH3 is 2. The van der Waals surface area contributed by atoms with Crippen LogP contribution in [0.15, 0.2) is 54.7 Å². The molecule has 0 atom stereocenters. The molecular weight excluding hydrogens is 404 g/mol. The van der Waals surface area contributed by atoms with Crippen molar-refractivity contribution < 1.29 is 23.5 Å². The first-order chi connectivity index (χ1) is 15.7. The van der Waals surface area contributed by atoms with Gasteiger partial charge in [-0.15, -0.1) is 0 Å². The van der Waals surface area contributed by atoms with Crippen LogP contribution in [0.3, 0.4) is 0 Å². The third-order valence-corrected chi connectivity index (χ3v) is 6.34. The van der Waals surface area contributed by atoms with Gasteiger partial charge in [0.05, 0.1) is 25.2 Å². The normalized spacial score (nSPS) is 13.6. The highest BCUT2D eigenvalue weighted by molar-refractivity contribution is 6.02. The zero-order valence-electron chi connectivity index (χ0n) is 18.0. The topological polar surface area (TPSA) is 66.8 Å². The van der Waals surface area contributed by atoms with Crippen molar-refractivity contribution >= 4 is 16.5 Å². The fourth-order valence-electron chi connectivity index (χ4n) is 4.75. The van der Waals surface area contributed by atoms with E-state index in [1.165, 1.54) is 11.1 Å². The summed E-state index contributed by atoms with van der Waals surface area (Å²) in [5, 5.41) is 2.09. The van der Waals surface area contributed by atoms with E-state index in [-0.39, 0.29) is 6.79 Å². The molecule has 0 unspecified atom stereocenters. The van der Waals surface area contributed by atoms with Crippen molar-refractivity contribution in [3.05, 3.63) is 60.3 Å². The smallest absolute Gasteiger partial charge is 0.231 e. The zero-order chi connectivity index (χ0) is 21.8. The first kappa shape index (κ1) is 18.8. The summed E-state index contributed by atoms with van der Waals surface area (Å²) in [6.45, 7) is 1.14. The van der Waals surface area contributed by atoms with E-state index in [9.17, 15) is 0 Å². The molecule has 0 aliphatic carbocycles. The standard InChI is InChI=1S/C26H23N2O4/c1-29-25-11-18(15-3-5-17(27)6-4-15)20-10-22-19-12-24-23(31-14-32-24)9-16(19)7-8-28(22)13-21(20)26(25)30-2/h3-6,9-13H,7-8,14,27H2,1-2H3/q+1. The molecular formula is C26H23N2O4+. The predicted molar refractivity (Wildman–Crippen MR) is 122 cm³/mol. The van der Waals surface area contributed by atoms with E-state index in [4.69, 9.17) is 24.7 Å². The second-order valence-corrected chi connectivity index (χ2v) is 8.07. The van der Waals surface area contributed by atoms with Crippen LogP contribution in [0, 0.1) is 0 Å². The Morgan fingerprint density at radius 2 is 1.66 bits per heavy atom. The lowest BCUT2D eigenvalue weighted by atomic mass is 9.92. The summed E-state index contributed by atoms with van der Waals surface area (Å²) in [6.07, 6.45) is 3.09. The zero-order valence-corrected chi connectivity index (χ0v) is 18.0. The lowest BCUT2D eigenvalue weighted by Crippen LogP contribution is -2.40. The summed E-state index contributed by atoms with van der Waals surface area (Å²) >= 11 is 0. The predicted octanol–water partition coefficient (Wildman–Crippen LogP) is 4.35. The van der Waals surface area contributed by atoms with Crippen LogP contribution in [0.2, 0.25) is 0 Å². The number of nitrogens with two attached hydrogens (primary N) is 1. The highest BCUT2D eigenvalue weighted by Crippen LogP contribution is 2.44. The minimum Gasteiger partial charge on any atom is -0.493 e. The Labute approximate surface area is 185 Å². The lowest BCUT2D eigenvalue weighted by Gasteiger charge is -2.19. The summed E-state index contributed by atoms with van der Waals surface area (Å²) in [4.78, 5) is 0. The van der Waals surface area contributed by atoms with Gasteiger partial charge in [-0.1, -0.05) is 12.1 Å². The van der Waals surface area contributed by atoms with E-state index in [0.717, 1.165) is 63.5 Å². The molecule has 2 aliphatic rings. The molecule has 0 saturated carbocycles. The number of hydrogen-bond donors (Lipinski definition) is 1. The Balaban J connectivity index is 1.66. The van der Waals surface area contributed by atoms with Crippen LogP contribution in [-0.4, -0.2) is 21.0 Å². The number of aromatic nitrogens is 1. The number of benzene rings is 3. The summed E-state index contributed by atoms with van der Waals surface area (Å²) in [7, 11) is 3.35. The molecule has 0 spiro atoms. The average Bonchev–Trinajstić information content (AvgIpc) is 3.28. The van der Waals surface area contributed by atoms with Gasteiger partial charge in [-0.25, -0.2) is 0 Å². The van der Waals surface area contributed by atoms with E-state index in [2.05, 4.69) is 29.0 Å². The van der Waals surface area contributed by atoms with Crippen molar-refractivity contribution in [3.8, 4) is 45.4 Å². The molecule has 0 bridgehead atoms. The minimum absolute atomic E-state index is 0.272. The first-order valence-corrected chi connectivity index (χ1v) is 10.6. The summed E-state index contributed by atoms with van der Waals surface area (Å²) < 4.78 is 25.0. The van der Waals surface area contributed by atoms with Gasteiger partial charge in [-0.05, 0) is 47.0 Å². The van der Waals surface area contributed by atoms with Crippen LogP contribution in [0.4, 0.5) is 5.69 Å². The number of fused-ring (bicyclic) bond motifs is 5. The van der Waals surface area contributed by atoms with Gasteiger partial charge in [0, 0.05) is 23.6 Å². The van der Waals surface area contributed by atoms with Crippen LogP contribution in [0.5, 0.6) is 23.0 Å². The Bertz CT molecular complexity index is 1380. The third-order valence-electron chi connectivity index (χ3n) is 6.34. The molecule has 4 aromatic rings. The maximum Gasteiger partial charge on any atom is 0.231 e. The Morgan fingerprint density at radius 3 is 2.41 bits per heavy atom. The Kier molecular flexibility index (Phi) is 4.15. The van der Waals surface area contributed by atoms with Crippen molar-refractivity contribution in [2.45, 2.75) is 13.0 Å². The van der Waals surface area contributed by atoms with Crippen LogP contribution < -0.4 is 29.2 Å². The monoisotopic (exact) mass is 427 g/mol. The molecule has 0 fully saturated rings. The number of rotatable bonds is 3. The van der Waals surface area contributed by atoms with Crippen molar-refractivity contribution in [1.29, 1.82) is 0 Å². The largest absolute Gasteiger partial charge is 0.493 e. The van der Waals surface area contributed by atoms with Gasteiger partial charge in [0.25, 0.3) is 0 Å². The Morgan fingerprint density at radius 1 is 0.875 bits per heavy atom. The second-order valence-electron chi connectivity index (χ2n) is 8.07. The van der Waals surface area contributed by atoms with E-state index in [1.807, 2.05) is 30.3 Å². The van der Waals surface area contributed by atoms with Crippen LogP contribution >= 0.6 is 0 Å². The van der Waals surface area contributed by atoms with Gasteiger partial charge >= 0.3 is 0 Å². The fraction of sp³-hybridized carbons (Fsp3) is 0.192. The molecule has 32 heavy (non-hydrogen) atoms. The van der Waals surface area contributed by atoms with Gasteiger partial charge in [0.1, 0.15) is 0 Å². The third kappa shape index (κ3) is 2.76. The molecule has 6 heteroatoms. The van der Waals surface area contributed by atoms with Crippen molar-refractivity contribution in [3.63, 3.8) is 0 Å². The van der Waals surface area contributed by atoms with Gasteiger partial charge in [-0.3, -0.25) is 0 Å². The molecule has 1 aromatic heterocycles. The van der Waals surface area contributed by atoms with Crippen molar-refractivity contribution in [2.24, 2.45) is 0 Å². The number of hydrogen-bond acceptors (Lipinski definition) is 5. The lowest BCUT2D eigenvalue weighted by molar-refractivity contribution is -0.686. The number of aryl methyl sites for hydroxylation is 2. The van der Waals surface area contributed by atoms with Gasteiger partial charge < -0.3 is 24.7 Å². The van der Waals surface area contributed by atoms with E-state index >= 15 is 0 Å². The average molecular weight is 427 g/mol. The Hall–Kier alpha value is -3.93. The number of nitrogens with zero attached hydrogens (tertiary/aromatic N) is 1. The summed E-state index contributed by atoms with van der Waals surface area (Å²) in [5.74, 6) is 3.05. The maximum absolute atomic E-state index is 5.94. The molecule has 160 valence electrons. The highest BCUT2D eigenvalue weighted by Gasteiger charge is 2.29. The number of ether oxygens (including phenoxy) is 4. The molecule has 2 N–H and O–H groups in total. The SMILES string of the molecule is COc1cc(-c2ccc(N)cc2)c2cc3[n+](cc2c1OC)CCc1cc2c(cc1-3)OCO2. The molecule has 3 heterocycles. The van der Waals surface area contributed by atoms with Crippen molar-refractivity contribution in [2.75, 3.05) is 26.7 Å². The molecule has 6 rings (SSSR count). The van der Waals surface area contributed by atoms with Crippen molar-refractivity contribution in [1.82, 2.24) is 0 Å². The maximum atomic E-state index is 5.94. The molecule has 0 amide bonds. The van der Waals surface area contributed by atoms with Gasteiger partial charge in [-0.2, -0.15) is 4.57 Å². The highest BCUT2D eigenvalue weighted by atomic mass is 16.7. The molecule has 6 nitrogen and oxygen atoms in total. The molecule has 3 aromatic carbocycles. The number of pyridine rings is 1. The van der Waals surface area contributed by atoms with E-state index < -0.39 is 0 Å². The van der Waals surface area contributed by atoms with Crippen LogP contribution in [-0.2, 0) is 13.0 Å². The molecule has 2 aliphatic heterocycles. The first-order valence-electron chi connectivity index (χ1n) is 10.6. The fourth-order valence-corrected chi connectivity index (χ4v) is 4.75. The number of nitrogen functional groups attached to an aromatic ring is 1. The quantitative estimate of drug-likeness (QED) is 0.389. The molecule has 0 radical (unpaired) electrons. The van der Waals surface area contributed by atoms with Gasteiger partial charge in [0.2, 0.25) is 12.5 Å². The van der Waals surface area contributed by atoms with Gasteiger partial charge in [0.15, 0.2) is 35.7 Å². The summed E-state index contributed by atoms with van der Waals surface area (Å²) in [5.41, 5.74) is 12.4. The second kappa shape index (κ2) is 7.05.